The number of carbonyl (C=O) groups excluding carboxylic acids is 1. The van der Waals surface area contributed by atoms with Crippen LogP contribution in [0.2, 0.25) is 0 Å². The number of piperidine rings is 1. The topological polar surface area (TPSA) is 87.3 Å². The van der Waals surface area contributed by atoms with Crippen molar-refractivity contribution in [2.75, 3.05) is 23.3 Å². The van der Waals surface area contributed by atoms with Gasteiger partial charge in [-0.3, -0.25) is 14.6 Å². The summed E-state index contributed by atoms with van der Waals surface area (Å²) in [6.45, 7) is 1.78. The van der Waals surface area contributed by atoms with Crippen LogP contribution in [0.5, 0.6) is 11.5 Å². The summed E-state index contributed by atoms with van der Waals surface area (Å²) in [6.07, 6.45) is 5.47. The highest BCUT2D eigenvalue weighted by Crippen LogP contribution is 2.44. The SMILES string of the molecule is O=C1CCCC2=C1C(c1ccc(Oc3ccccc3)cc1)c1c(nc(N3CCCCC3)[nH]c1=O)N2. The van der Waals surface area contributed by atoms with E-state index < -0.39 is 5.92 Å². The zero-order valence-electron chi connectivity index (χ0n) is 19.5. The number of ketones is 1. The molecule has 178 valence electrons. The van der Waals surface area contributed by atoms with Gasteiger partial charge in [0.1, 0.15) is 17.3 Å². The van der Waals surface area contributed by atoms with E-state index >= 15 is 0 Å². The molecule has 1 saturated heterocycles. The van der Waals surface area contributed by atoms with Crippen LogP contribution in [0.15, 0.2) is 70.7 Å². The molecule has 2 N–H and O–H groups in total. The van der Waals surface area contributed by atoms with E-state index in [1.807, 2.05) is 54.6 Å². The first-order valence-electron chi connectivity index (χ1n) is 12.4. The average Bonchev–Trinajstić information content (AvgIpc) is 2.89. The molecule has 7 nitrogen and oxygen atoms in total. The van der Waals surface area contributed by atoms with E-state index in [1.165, 1.54) is 6.42 Å². The van der Waals surface area contributed by atoms with Gasteiger partial charge in [-0.1, -0.05) is 30.3 Å². The number of carbonyl (C=O) groups is 1. The third kappa shape index (κ3) is 4.11. The second-order valence-corrected chi connectivity index (χ2v) is 9.41. The van der Waals surface area contributed by atoms with Gasteiger partial charge in [0.2, 0.25) is 5.95 Å². The zero-order valence-corrected chi connectivity index (χ0v) is 19.5. The highest BCUT2D eigenvalue weighted by molar-refractivity contribution is 6.00. The van der Waals surface area contributed by atoms with Gasteiger partial charge in [0.15, 0.2) is 5.78 Å². The fourth-order valence-corrected chi connectivity index (χ4v) is 5.39. The monoisotopic (exact) mass is 468 g/mol. The van der Waals surface area contributed by atoms with Gasteiger partial charge in [-0.05, 0) is 61.9 Å². The summed E-state index contributed by atoms with van der Waals surface area (Å²) in [5.41, 5.74) is 2.79. The van der Waals surface area contributed by atoms with E-state index in [2.05, 4.69) is 15.2 Å². The molecule has 1 aromatic heterocycles. The smallest absolute Gasteiger partial charge is 0.258 e. The third-order valence-corrected chi connectivity index (χ3v) is 7.09. The van der Waals surface area contributed by atoms with Crippen molar-refractivity contribution in [3.63, 3.8) is 0 Å². The lowest BCUT2D eigenvalue weighted by atomic mass is 9.76. The second-order valence-electron chi connectivity index (χ2n) is 9.41. The molecule has 1 unspecified atom stereocenters. The van der Waals surface area contributed by atoms with Crippen molar-refractivity contribution in [3.8, 4) is 11.5 Å². The maximum Gasteiger partial charge on any atom is 0.258 e. The maximum atomic E-state index is 13.5. The number of aromatic amines is 1. The number of rotatable bonds is 4. The minimum atomic E-state index is -0.452. The lowest BCUT2D eigenvalue weighted by molar-refractivity contribution is -0.116. The second kappa shape index (κ2) is 9.06. The van der Waals surface area contributed by atoms with Gasteiger partial charge in [-0.25, -0.2) is 0 Å². The van der Waals surface area contributed by atoms with E-state index in [4.69, 9.17) is 9.72 Å². The van der Waals surface area contributed by atoms with E-state index in [9.17, 15) is 9.59 Å². The van der Waals surface area contributed by atoms with Gasteiger partial charge in [0, 0.05) is 36.7 Å². The molecule has 1 atom stereocenters. The molecule has 3 aromatic rings. The summed E-state index contributed by atoms with van der Waals surface area (Å²) in [4.78, 5) is 36.6. The lowest BCUT2D eigenvalue weighted by Gasteiger charge is -2.34. The number of aromatic nitrogens is 2. The Morgan fingerprint density at radius 1 is 0.857 bits per heavy atom. The Hall–Kier alpha value is -3.87. The Labute approximate surface area is 203 Å². The van der Waals surface area contributed by atoms with Gasteiger partial charge >= 0.3 is 0 Å². The fraction of sp³-hybridized carbons (Fsp3) is 0.321. The van der Waals surface area contributed by atoms with Crippen molar-refractivity contribution < 1.29 is 9.53 Å². The maximum absolute atomic E-state index is 13.5. The number of Topliss-reactive ketones (excluding diaryl/α,β-unsaturated/α-hetero) is 1. The highest BCUT2D eigenvalue weighted by Gasteiger charge is 2.38. The van der Waals surface area contributed by atoms with Crippen molar-refractivity contribution in [2.45, 2.75) is 44.4 Å². The van der Waals surface area contributed by atoms with Crippen LogP contribution in [-0.4, -0.2) is 28.8 Å². The molecule has 3 aliphatic rings. The van der Waals surface area contributed by atoms with Gasteiger partial charge < -0.3 is 15.0 Å². The summed E-state index contributed by atoms with van der Waals surface area (Å²) in [6, 6.07) is 17.3. The molecule has 0 spiro atoms. The number of fused-ring (bicyclic) bond motifs is 1. The van der Waals surface area contributed by atoms with Gasteiger partial charge in [-0.2, -0.15) is 4.98 Å². The number of allylic oxidation sites excluding steroid dienone is 2. The number of benzene rings is 2. The standard InChI is InChI=1S/C28H28N4O3/c33-22-11-7-10-21-24(22)23(18-12-14-20(15-13-18)35-19-8-3-1-4-9-19)25-26(29-21)30-28(31-27(25)34)32-16-5-2-6-17-32/h1,3-4,8-9,12-15,23H,2,5-7,10-11,16-17H2,(H2,29,30,31,34). The Balaban J connectivity index is 1.40. The Morgan fingerprint density at radius 3 is 2.37 bits per heavy atom. The van der Waals surface area contributed by atoms with Crippen LogP contribution >= 0.6 is 0 Å². The quantitative estimate of drug-likeness (QED) is 0.553. The largest absolute Gasteiger partial charge is 0.457 e. The number of hydrogen-bond acceptors (Lipinski definition) is 6. The highest BCUT2D eigenvalue weighted by atomic mass is 16.5. The molecule has 1 fully saturated rings. The molecular weight excluding hydrogens is 440 g/mol. The molecule has 0 saturated carbocycles. The molecule has 3 heterocycles. The molecule has 6 rings (SSSR count). The van der Waals surface area contributed by atoms with E-state index in [0.717, 1.165) is 55.8 Å². The molecule has 0 radical (unpaired) electrons. The first-order valence-corrected chi connectivity index (χ1v) is 12.4. The predicted octanol–water partition coefficient (Wildman–Crippen LogP) is 5.12. The Morgan fingerprint density at radius 2 is 1.60 bits per heavy atom. The number of para-hydroxylation sites is 1. The van der Waals surface area contributed by atoms with E-state index in [1.54, 1.807) is 0 Å². The molecule has 7 heteroatoms. The fourth-order valence-electron chi connectivity index (χ4n) is 5.39. The molecule has 2 aromatic carbocycles. The summed E-state index contributed by atoms with van der Waals surface area (Å²) in [5, 5.41) is 3.37. The van der Waals surface area contributed by atoms with Crippen molar-refractivity contribution in [1.29, 1.82) is 0 Å². The molecule has 0 amide bonds. The summed E-state index contributed by atoms with van der Waals surface area (Å²) >= 11 is 0. The molecular formula is C28H28N4O3. The van der Waals surface area contributed by atoms with Crippen LogP contribution in [0, 0.1) is 0 Å². The summed E-state index contributed by atoms with van der Waals surface area (Å²) in [7, 11) is 0. The normalized spacial score (nSPS) is 19.6. The number of H-pyrrole nitrogens is 1. The molecule has 1 aliphatic carbocycles. The van der Waals surface area contributed by atoms with Crippen LogP contribution in [0.4, 0.5) is 11.8 Å². The number of nitrogens with one attached hydrogen (secondary N) is 2. The summed E-state index contributed by atoms with van der Waals surface area (Å²) < 4.78 is 5.95. The van der Waals surface area contributed by atoms with Crippen LogP contribution in [0.25, 0.3) is 0 Å². The van der Waals surface area contributed by atoms with E-state index in [0.29, 0.717) is 35.1 Å². The number of anilines is 2. The lowest BCUT2D eigenvalue weighted by Crippen LogP contribution is -2.36. The van der Waals surface area contributed by atoms with Crippen LogP contribution in [-0.2, 0) is 4.79 Å². The molecule has 0 bridgehead atoms. The average molecular weight is 469 g/mol. The third-order valence-electron chi connectivity index (χ3n) is 7.09. The zero-order chi connectivity index (χ0) is 23.8. The van der Waals surface area contributed by atoms with Crippen molar-refractivity contribution >= 4 is 17.5 Å². The minimum Gasteiger partial charge on any atom is -0.457 e. The number of hydrogen-bond donors (Lipinski definition) is 2. The Kier molecular flexibility index (Phi) is 5.60. The van der Waals surface area contributed by atoms with Gasteiger partial charge in [-0.15, -0.1) is 0 Å². The van der Waals surface area contributed by atoms with Crippen molar-refractivity contribution in [3.05, 3.63) is 87.3 Å². The minimum absolute atomic E-state index is 0.0959. The predicted molar refractivity (Wildman–Crippen MR) is 135 cm³/mol. The first-order chi connectivity index (χ1) is 17.2. The molecule has 35 heavy (non-hydrogen) atoms. The number of nitrogens with zero attached hydrogens (tertiary/aromatic N) is 2. The van der Waals surface area contributed by atoms with E-state index in [-0.39, 0.29) is 11.3 Å². The van der Waals surface area contributed by atoms with Crippen LogP contribution in [0.3, 0.4) is 0 Å². The van der Waals surface area contributed by atoms with Crippen LogP contribution < -0.4 is 20.5 Å². The van der Waals surface area contributed by atoms with Crippen LogP contribution in [0.1, 0.15) is 55.6 Å². The van der Waals surface area contributed by atoms with Gasteiger partial charge in [0.05, 0.1) is 5.56 Å². The van der Waals surface area contributed by atoms with Gasteiger partial charge in [0.25, 0.3) is 5.56 Å². The Bertz CT molecular complexity index is 1340. The summed E-state index contributed by atoms with van der Waals surface area (Å²) in [5.74, 6) is 2.27. The first kappa shape index (κ1) is 21.6. The number of ether oxygens (including phenoxy) is 1. The molecule has 2 aliphatic heterocycles. The van der Waals surface area contributed by atoms with Crippen molar-refractivity contribution in [1.82, 2.24) is 9.97 Å². The van der Waals surface area contributed by atoms with Crippen molar-refractivity contribution in [2.24, 2.45) is 0 Å².